The molecule has 0 bridgehead atoms. The first-order valence-electron chi connectivity index (χ1n) is 6.00. The molecule has 0 aliphatic carbocycles. The average Bonchev–Trinajstić information content (AvgIpc) is 2.85. The van der Waals surface area contributed by atoms with Crippen LogP contribution in [-0.2, 0) is 9.53 Å². The number of halogens is 2. The second kappa shape index (κ2) is 6.05. The van der Waals surface area contributed by atoms with Crippen LogP contribution < -0.4 is 4.90 Å². The monoisotopic (exact) mass is 334 g/mol. The van der Waals surface area contributed by atoms with E-state index in [1.54, 1.807) is 0 Å². The number of anilines is 1. The van der Waals surface area contributed by atoms with Gasteiger partial charge in [-0.3, -0.25) is 10.1 Å². The maximum Gasteiger partial charge on any atom is 0.326 e. The van der Waals surface area contributed by atoms with Crippen molar-refractivity contribution >= 4 is 40.5 Å². The Kier molecular flexibility index (Phi) is 4.55. The molecule has 1 fully saturated rings. The molecule has 2 unspecified atom stereocenters. The number of ether oxygens (including phenoxy) is 1. The quantitative estimate of drug-likeness (QED) is 0.671. The molecule has 1 aromatic rings. The van der Waals surface area contributed by atoms with Gasteiger partial charge < -0.3 is 14.7 Å². The normalized spacial score (nSPS) is 21.6. The van der Waals surface area contributed by atoms with E-state index < -0.39 is 16.9 Å². The Morgan fingerprint density at radius 2 is 2.10 bits per heavy atom. The van der Waals surface area contributed by atoms with E-state index >= 15 is 0 Å². The largest absolute Gasteiger partial charge is 0.480 e. The summed E-state index contributed by atoms with van der Waals surface area (Å²) in [6.07, 6.45) is -0.0800. The van der Waals surface area contributed by atoms with Crippen molar-refractivity contribution in [3.8, 4) is 0 Å². The van der Waals surface area contributed by atoms with Gasteiger partial charge in [-0.25, -0.2) is 4.79 Å². The summed E-state index contributed by atoms with van der Waals surface area (Å²) in [5.41, 5.74) is -0.159. The molecule has 21 heavy (non-hydrogen) atoms. The molecule has 1 N–H and O–H groups in total. The number of hydrogen-bond acceptors (Lipinski definition) is 5. The lowest BCUT2D eigenvalue weighted by atomic mass is 10.2. The fourth-order valence-electron chi connectivity index (χ4n) is 2.37. The zero-order valence-corrected chi connectivity index (χ0v) is 12.5. The Morgan fingerprint density at radius 1 is 1.48 bits per heavy atom. The summed E-state index contributed by atoms with van der Waals surface area (Å²) in [7, 11) is 1.47. The standard InChI is InChI=1S/C12H12Cl2N2O5/c1-21-6-2-11(12(17)18)15(5-6)9-3-7(13)8(14)4-10(9)16(19)20/h3-4,6,11H,2,5H2,1H3,(H,17,18). The van der Waals surface area contributed by atoms with E-state index in [0.29, 0.717) is 0 Å². The van der Waals surface area contributed by atoms with Gasteiger partial charge in [0, 0.05) is 26.1 Å². The summed E-state index contributed by atoms with van der Waals surface area (Å²) < 4.78 is 5.16. The Bertz CT molecular complexity index is 595. The molecule has 0 radical (unpaired) electrons. The van der Waals surface area contributed by atoms with Crippen molar-refractivity contribution in [2.45, 2.75) is 18.6 Å². The van der Waals surface area contributed by atoms with Crippen molar-refractivity contribution in [3.63, 3.8) is 0 Å². The van der Waals surface area contributed by atoms with Crippen molar-refractivity contribution in [2.24, 2.45) is 0 Å². The molecule has 2 atom stereocenters. The van der Waals surface area contributed by atoms with E-state index in [-0.39, 0.29) is 40.5 Å². The zero-order chi connectivity index (χ0) is 15.7. The maximum atomic E-state index is 11.4. The fourth-order valence-corrected chi connectivity index (χ4v) is 2.69. The number of hydrogen-bond donors (Lipinski definition) is 1. The lowest BCUT2D eigenvalue weighted by Gasteiger charge is -2.23. The molecule has 0 aromatic heterocycles. The predicted molar refractivity (Wildman–Crippen MR) is 77.3 cm³/mol. The molecule has 1 heterocycles. The molecular weight excluding hydrogens is 323 g/mol. The highest BCUT2D eigenvalue weighted by atomic mass is 35.5. The Hall–Kier alpha value is -1.57. The number of nitro benzene ring substituents is 1. The number of benzene rings is 1. The van der Waals surface area contributed by atoms with Crippen LogP contribution in [0.2, 0.25) is 10.0 Å². The number of rotatable bonds is 4. The Labute approximate surface area is 130 Å². The molecular formula is C12H12Cl2N2O5. The summed E-state index contributed by atoms with van der Waals surface area (Å²) in [5.74, 6) is -1.07. The molecule has 0 spiro atoms. The summed E-state index contributed by atoms with van der Waals surface area (Å²) in [5, 5.41) is 20.6. The first-order valence-corrected chi connectivity index (χ1v) is 6.76. The van der Waals surface area contributed by atoms with Gasteiger partial charge in [-0.1, -0.05) is 23.2 Å². The van der Waals surface area contributed by atoms with E-state index in [1.807, 2.05) is 0 Å². The van der Waals surface area contributed by atoms with Gasteiger partial charge in [0.2, 0.25) is 0 Å². The molecule has 1 aliphatic heterocycles. The van der Waals surface area contributed by atoms with Crippen LogP contribution in [0.1, 0.15) is 6.42 Å². The molecule has 7 nitrogen and oxygen atoms in total. The summed E-state index contributed by atoms with van der Waals surface area (Å²) in [6.45, 7) is 0.228. The Balaban J connectivity index is 2.51. The second-order valence-corrected chi connectivity index (χ2v) is 5.43. The van der Waals surface area contributed by atoms with Crippen LogP contribution in [0.25, 0.3) is 0 Å². The molecule has 1 aromatic carbocycles. The summed E-state index contributed by atoms with van der Waals surface area (Å²) in [6, 6.07) is 1.53. The number of methoxy groups -OCH3 is 1. The summed E-state index contributed by atoms with van der Waals surface area (Å²) >= 11 is 11.7. The highest BCUT2D eigenvalue weighted by Crippen LogP contribution is 2.39. The van der Waals surface area contributed by atoms with E-state index in [4.69, 9.17) is 27.9 Å². The van der Waals surface area contributed by atoms with Crippen molar-refractivity contribution in [2.75, 3.05) is 18.6 Å². The topological polar surface area (TPSA) is 92.9 Å². The van der Waals surface area contributed by atoms with Gasteiger partial charge in [-0.15, -0.1) is 0 Å². The number of carboxylic acid groups (broad SMARTS) is 1. The third-order valence-electron chi connectivity index (χ3n) is 3.40. The molecule has 9 heteroatoms. The number of aliphatic carboxylic acids is 1. The number of nitrogens with zero attached hydrogens (tertiary/aromatic N) is 2. The van der Waals surface area contributed by atoms with Crippen LogP contribution in [0.4, 0.5) is 11.4 Å². The minimum atomic E-state index is -1.07. The lowest BCUT2D eigenvalue weighted by molar-refractivity contribution is -0.384. The van der Waals surface area contributed by atoms with Crippen molar-refractivity contribution < 1.29 is 19.6 Å². The van der Waals surface area contributed by atoms with Gasteiger partial charge in [-0.05, 0) is 6.07 Å². The minimum Gasteiger partial charge on any atom is -0.480 e. The lowest BCUT2D eigenvalue weighted by Crippen LogP contribution is -2.36. The Morgan fingerprint density at radius 3 is 2.62 bits per heavy atom. The molecule has 2 rings (SSSR count). The first kappa shape index (κ1) is 15.8. The van der Waals surface area contributed by atoms with Gasteiger partial charge in [0.05, 0.1) is 21.1 Å². The van der Waals surface area contributed by atoms with Crippen LogP contribution in [0.15, 0.2) is 12.1 Å². The minimum absolute atomic E-state index is 0.0430. The molecule has 114 valence electrons. The van der Waals surface area contributed by atoms with E-state index in [2.05, 4.69) is 0 Å². The van der Waals surface area contributed by atoms with Crippen LogP contribution >= 0.6 is 23.2 Å². The zero-order valence-electron chi connectivity index (χ0n) is 11.0. The SMILES string of the molecule is COC1CC(C(=O)O)N(c2cc(Cl)c(Cl)cc2[N+](=O)[O-])C1. The van der Waals surface area contributed by atoms with Crippen LogP contribution in [-0.4, -0.2) is 41.8 Å². The first-order chi connectivity index (χ1) is 9.85. The molecule has 1 saturated heterocycles. The van der Waals surface area contributed by atoms with Gasteiger partial charge in [-0.2, -0.15) is 0 Å². The van der Waals surface area contributed by atoms with E-state index in [9.17, 15) is 20.0 Å². The van der Waals surface area contributed by atoms with E-state index in [1.165, 1.54) is 18.1 Å². The van der Waals surface area contributed by atoms with Gasteiger partial charge in [0.25, 0.3) is 5.69 Å². The maximum absolute atomic E-state index is 11.4. The number of carbonyl (C=O) groups is 1. The van der Waals surface area contributed by atoms with Crippen LogP contribution in [0, 0.1) is 10.1 Å². The third kappa shape index (κ3) is 3.04. The van der Waals surface area contributed by atoms with Crippen LogP contribution in [0.5, 0.6) is 0 Å². The van der Waals surface area contributed by atoms with Crippen molar-refractivity contribution in [3.05, 3.63) is 32.3 Å². The number of nitro groups is 1. The van der Waals surface area contributed by atoms with Crippen molar-refractivity contribution in [1.82, 2.24) is 0 Å². The molecule has 0 saturated carbocycles. The molecule has 1 aliphatic rings. The van der Waals surface area contributed by atoms with Gasteiger partial charge in [0.15, 0.2) is 0 Å². The number of carboxylic acids is 1. The second-order valence-electron chi connectivity index (χ2n) is 4.61. The smallest absolute Gasteiger partial charge is 0.326 e. The van der Waals surface area contributed by atoms with Gasteiger partial charge >= 0.3 is 5.97 Å². The van der Waals surface area contributed by atoms with E-state index in [0.717, 1.165) is 6.07 Å². The van der Waals surface area contributed by atoms with Crippen LogP contribution in [0.3, 0.4) is 0 Å². The molecule has 0 amide bonds. The highest BCUT2D eigenvalue weighted by molar-refractivity contribution is 6.42. The highest BCUT2D eigenvalue weighted by Gasteiger charge is 2.40. The van der Waals surface area contributed by atoms with Gasteiger partial charge in [0.1, 0.15) is 11.7 Å². The fraction of sp³-hybridized carbons (Fsp3) is 0.417. The predicted octanol–water partition coefficient (Wildman–Crippen LogP) is 2.58. The van der Waals surface area contributed by atoms with Crippen molar-refractivity contribution in [1.29, 1.82) is 0 Å². The third-order valence-corrected chi connectivity index (χ3v) is 4.13. The summed E-state index contributed by atoms with van der Waals surface area (Å²) in [4.78, 5) is 23.3. The average molecular weight is 335 g/mol.